The Morgan fingerprint density at radius 3 is 2.53 bits per heavy atom. The second-order valence-electron chi connectivity index (χ2n) is 7.53. The van der Waals surface area contributed by atoms with Crippen molar-refractivity contribution in [2.75, 3.05) is 5.32 Å². The first-order valence-electron chi connectivity index (χ1n) is 10.3. The summed E-state index contributed by atoms with van der Waals surface area (Å²) in [6, 6.07) is 16.9. The Bertz CT molecular complexity index is 1430. The summed E-state index contributed by atoms with van der Waals surface area (Å²) < 4.78 is 22.7. The predicted octanol–water partition coefficient (Wildman–Crippen LogP) is 3.17. The minimum absolute atomic E-state index is 0.0200. The van der Waals surface area contributed by atoms with E-state index in [0.29, 0.717) is 17.2 Å². The van der Waals surface area contributed by atoms with Crippen LogP contribution in [0.25, 0.3) is 11.3 Å². The monoisotopic (exact) mass is 474 g/mol. The molecule has 9 nitrogen and oxygen atoms in total. The zero-order valence-corrected chi connectivity index (χ0v) is 19.1. The van der Waals surface area contributed by atoms with Crippen molar-refractivity contribution in [3.05, 3.63) is 95.9 Å². The van der Waals surface area contributed by atoms with E-state index in [1.54, 1.807) is 48.9 Å². The topological polar surface area (TPSA) is 140 Å². The van der Waals surface area contributed by atoms with Gasteiger partial charge in [-0.25, -0.2) is 23.5 Å². The fourth-order valence-corrected chi connectivity index (χ4v) is 3.71. The fraction of sp³-hybridized carbons (Fsp3) is 0.0833. The zero-order chi connectivity index (χ0) is 24.1. The molecule has 2 aromatic carbocycles. The van der Waals surface area contributed by atoms with Crippen LogP contribution in [0.4, 0.5) is 11.6 Å². The van der Waals surface area contributed by atoms with Crippen LogP contribution in [-0.2, 0) is 16.6 Å². The average molecular weight is 475 g/mol. The number of nitrogens with two attached hydrogens (primary N) is 1. The van der Waals surface area contributed by atoms with Gasteiger partial charge < -0.3 is 10.6 Å². The number of sulfonamides is 1. The van der Waals surface area contributed by atoms with E-state index < -0.39 is 10.0 Å². The van der Waals surface area contributed by atoms with E-state index in [1.807, 2.05) is 25.1 Å². The second kappa shape index (κ2) is 9.77. The number of hydrogen-bond acceptors (Lipinski definition) is 7. The number of aryl methyl sites for hydroxylation is 1. The van der Waals surface area contributed by atoms with E-state index >= 15 is 0 Å². The largest absolute Gasteiger partial charge is 0.348 e. The van der Waals surface area contributed by atoms with E-state index in [4.69, 9.17) is 5.14 Å². The summed E-state index contributed by atoms with van der Waals surface area (Å²) in [5.41, 5.74) is 4.42. The molecule has 34 heavy (non-hydrogen) atoms. The molecular weight excluding hydrogens is 452 g/mol. The highest BCUT2D eigenvalue weighted by molar-refractivity contribution is 7.89. The third kappa shape index (κ3) is 5.61. The summed E-state index contributed by atoms with van der Waals surface area (Å²) in [6.07, 6.45) is 5.08. The van der Waals surface area contributed by atoms with Crippen LogP contribution < -0.4 is 15.8 Å². The van der Waals surface area contributed by atoms with Crippen LogP contribution in [0.1, 0.15) is 21.5 Å². The maximum atomic E-state index is 12.7. The summed E-state index contributed by atoms with van der Waals surface area (Å²) in [4.78, 5) is 25.7. The maximum Gasteiger partial charge on any atom is 0.251 e. The molecule has 0 aliphatic heterocycles. The molecule has 4 rings (SSSR count). The van der Waals surface area contributed by atoms with Gasteiger partial charge in [-0.15, -0.1) is 0 Å². The number of hydrogen-bond donors (Lipinski definition) is 3. The number of carbonyl (C=O) groups is 1. The summed E-state index contributed by atoms with van der Waals surface area (Å²) in [7, 11) is -3.75. The molecule has 0 saturated carbocycles. The number of benzene rings is 2. The Balaban J connectivity index is 1.46. The van der Waals surface area contributed by atoms with Gasteiger partial charge in [-0.3, -0.25) is 9.78 Å². The van der Waals surface area contributed by atoms with Gasteiger partial charge in [0.25, 0.3) is 5.91 Å². The van der Waals surface area contributed by atoms with Crippen molar-refractivity contribution >= 4 is 27.6 Å². The normalized spacial score (nSPS) is 11.1. The lowest BCUT2D eigenvalue weighted by molar-refractivity contribution is 0.0951. The highest BCUT2D eigenvalue weighted by atomic mass is 32.2. The predicted molar refractivity (Wildman–Crippen MR) is 129 cm³/mol. The standard InChI is InChI=1S/C24H22N6O3S/c1-16-4-7-18(23(31)28-14-17-5-8-20(9-6-17)34(25,32)33)13-22(16)30-24-27-12-10-21(29-24)19-3-2-11-26-15-19/h2-13,15H,14H2,1H3,(H,28,31)(H2,25,32,33)(H,27,29,30). The number of nitrogens with one attached hydrogen (secondary N) is 2. The van der Waals surface area contributed by atoms with Crippen LogP contribution in [0.15, 0.2) is 84.1 Å². The molecule has 0 bridgehead atoms. The highest BCUT2D eigenvalue weighted by Crippen LogP contribution is 2.22. The molecular formula is C24H22N6O3S. The third-order valence-electron chi connectivity index (χ3n) is 5.06. The van der Waals surface area contributed by atoms with Crippen molar-refractivity contribution in [1.29, 1.82) is 0 Å². The van der Waals surface area contributed by atoms with Crippen molar-refractivity contribution in [2.24, 2.45) is 5.14 Å². The first-order chi connectivity index (χ1) is 16.3. The van der Waals surface area contributed by atoms with Gasteiger partial charge >= 0.3 is 0 Å². The minimum atomic E-state index is -3.75. The molecule has 172 valence electrons. The molecule has 1 amide bonds. The molecule has 0 saturated heterocycles. The molecule has 0 aliphatic rings. The van der Waals surface area contributed by atoms with E-state index in [1.165, 1.54) is 12.1 Å². The summed E-state index contributed by atoms with van der Waals surface area (Å²) >= 11 is 0. The minimum Gasteiger partial charge on any atom is -0.348 e. The Kier molecular flexibility index (Phi) is 6.62. The van der Waals surface area contributed by atoms with Crippen molar-refractivity contribution in [3.8, 4) is 11.3 Å². The summed E-state index contributed by atoms with van der Waals surface area (Å²) in [5.74, 6) is 0.126. The number of anilines is 2. The molecule has 0 spiro atoms. The van der Waals surface area contributed by atoms with E-state index in [2.05, 4.69) is 25.6 Å². The van der Waals surface area contributed by atoms with Gasteiger partial charge in [-0.2, -0.15) is 0 Å². The van der Waals surface area contributed by atoms with E-state index in [-0.39, 0.29) is 17.3 Å². The Morgan fingerprint density at radius 2 is 1.82 bits per heavy atom. The Hall–Kier alpha value is -4.15. The van der Waals surface area contributed by atoms with Crippen molar-refractivity contribution in [2.45, 2.75) is 18.4 Å². The lowest BCUT2D eigenvalue weighted by Crippen LogP contribution is -2.23. The number of rotatable bonds is 7. The van der Waals surface area contributed by atoms with Gasteiger partial charge in [-0.1, -0.05) is 18.2 Å². The second-order valence-corrected chi connectivity index (χ2v) is 9.09. The van der Waals surface area contributed by atoms with Crippen molar-refractivity contribution in [1.82, 2.24) is 20.3 Å². The van der Waals surface area contributed by atoms with Gasteiger partial charge in [0.1, 0.15) is 0 Å². The average Bonchev–Trinajstić information content (AvgIpc) is 2.84. The summed E-state index contributed by atoms with van der Waals surface area (Å²) in [6.45, 7) is 2.15. The summed E-state index contributed by atoms with van der Waals surface area (Å²) in [5, 5.41) is 11.1. The molecule has 0 radical (unpaired) electrons. The molecule has 0 aliphatic carbocycles. The van der Waals surface area contributed by atoms with Crippen molar-refractivity contribution < 1.29 is 13.2 Å². The van der Waals surface area contributed by atoms with Gasteiger partial charge in [0.15, 0.2) is 0 Å². The maximum absolute atomic E-state index is 12.7. The van der Waals surface area contributed by atoms with Gasteiger partial charge in [0.05, 0.1) is 10.6 Å². The van der Waals surface area contributed by atoms with Crippen LogP contribution >= 0.6 is 0 Å². The molecule has 4 aromatic rings. The van der Waals surface area contributed by atoms with Gasteiger partial charge in [-0.05, 0) is 60.5 Å². The SMILES string of the molecule is Cc1ccc(C(=O)NCc2ccc(S(N)(=O)=O)cc2)cc1Nc1nccc(-c2cccnc2)n1. The quantitative estimate of drug-likeness (QED) is 0.374. The molecule has 4 N–H and O–H groups in total. The van der Waals surface area contributed by atoms with E-state index in [9.17, 15) is 13.2 Å². The third-order valence-corrected chi connectivity index (χ3v) is 5.99. The molecule has 10 heteroatoms. The molecule has 2 aromatic heterocycles. The first-order valence-corrected chi connectivity index (χ1v) is 11.9. The van der Waals surface area contributed by atoms with Crippen LogP contribution in [0, 0.1) is 6.92 Å². The first kappa shape index (κ1) is 23.0. The van der Waals surface area contributed by atoms with Crippen molar-refractivity contribution in [3.63, 3.8) is 0 Å². The molecule has 0 atom stereocenters. The Labute approximate surface area is 197 Å². The number of nitrogens with zero attached hydrogens (tertiary/aromatic N) is 3. The molecule has 0 unspecified atom stereocenters. The van der Waals surface area contributed by atoms with Crippen LogP contribution in [0.5, 0.6) is 0 Å². The highest BCUT2D eigenvalue weighted by Gasteiger charge is 2.11. The lowest BCUT2D eigenvalue weighted by Gasteiger charge is -2.12. The number of primary sulfonamides is 1. The Morgan fingerprint density at radius 1 is 1.03 bits per heavy atom. The number of amides is 1. The number of pyridine rings is 1. The number of aromatic nitrogens is 3. The number of carbonyl (C=O) groups excluding carboxylic acids is 1. The van der Waals surface area contributed by atoms with Crippen LogP contribution in [0.2, 0.25) is 0 Å². The van der Waals surface area contributed by atoms with Crippen LogP contribution in [0.3, 0.4) is 0 Å². The van der Waals surface area contributed by atoms with E-state index in [0.717, 1.165) is 22.4 Å². The van der Waals surface area contributed by atoms with Crippen LogP contribution in [-0.4, -0.2) is 29.3 Å². The smallest absolute Gasteiger partial charge is 0.251 e. The molecule has 2 heterocycles. The molecule has 0 fully saturated rings. The van der Waals surface area contributed by atoms with Gasteiger partial charge in [0, 0.05) is 41.9 Å². The fourth-order valence-electron chi connectivity index (χ4n) is 3.19. The zero-order valence-electron chi connectivity index (χ0n) is 18.3. The van der Waals surface area contributed by atoms with Gasteiger partial charge in [0.2, 0.25) is 16.0 Å². The lowest BCUT2D eigenvalue weighted by atomic mass is 10.1.